The van der Waals surface area contributed by atoms with E-state index >= 15 is 0 Å². The van der Waals surface area contributed by atoms with E-state index in [9.17, 15) is 14.4 Å². The van der Waals surface area contributed by atoms with E-state index in [2.05, 4.69) is 10.6 Å². The summed E-state index contributed by atoms with van der Waals surface area (Å²) < 4.78 is 0. The molecule has 2 rings (SSSR count). The number of hydrogen-bond acceptors (Lipinski definition) is 4. The van der Waals surface area contributed by atoms with Crippen LogP contribution in [-0.4, -0.2) is 24.3 Å². The first-order valence-corrected chi connectivity index (χ1v) is 6.80. The molecule has 0 heterocycles. The zero-order valence-electron chi connectivity index (χ0n) is 12.2. The van der Waals surface area contributed by atoms with E-state index < -0.39 is 11.8 Å². The van der Waals surface area contributed by atoms with E-state index in [1.54, 1.807) is 42.5 Å². The van der Waals surface area contributed by atoms with Gasteiger partial charge in [0.1, 0.15) is 0 Å². The summed E-state index contributed by atoms with van der Waals surface area (Å²) in [4.78, 5) is 34.4. The summed E-state index contributed by atoms with van der Waals surface area (Å²) in [7, 11) is 0. The standard InChI is InChI=1S/C16H16N4O3/c17-15(22)10-4-3-5-11(8-10)19-9-14(21)20-13-7-2-1-6-12(13)16(18)23/h1-8,19H,9H2,(H2,17,22)(H2,18,23)(H,20,21). The van der Waals surface area contributed by atoms with E-state index in [-0.39, 0.29) is 18.0 Å². The molecule has 0 bridgehead atoms. The Hall–Kier alpha value is -3.35. The lowest BCUT2D eigenvalue weighted by Crippen LogP contribution is -2.24. The van der Waals surface area contributed by atoms with Gasteiger partial charge in [-0.1, -0.05) is 18.2 Å². The fourth-order valence-corrected chi connectivity index (χ4v) is 1.97. The molecule has 0 saturated heterocycles. The summed E-state index contributed by atoms with van der Waals surface area (Å²) in [5.74, 6) is -1.53. The number of carbonyl (C=O) groups excluding carboxylic acids is 3. The molecule has 0 radical (unpaired) electrons. The summed E-state index contributed by atoms with van der Waals surface area (Å²) >= 11 is 0. The first kappa shape index (κ1) is 16.0. The lowest BCUT2D eigenvalue weighted by Gasteiger charge is -2.10. The number of rotatable bonds is 6. The Morgan fingerprint density at radius 3 is 2.35 bits per heavy atom. The van der Waals surface area contributed by atoms with Crippen LogP contribution in [0.5, 0.6) is 0 Å². The number of nitrogens with two attached hydrogens (primary N) is 2. The lowest BCUT2D eigenvalue weighted by molar-refractivity contribution is -0.114. The Morgan fingerprint density at radius 1 is 0.913 bits per heavy atom. The lowest BCUT2D eigenvalue weighted by atomic mass is 10.1. The van der Waals surface area contributed by atoms with Crippen molar-refractivity contribution in [1.82, 2.24) is 0 Å². The Bertz CT molecular complexity index is 758. The van der Waals surface area contributed by atoms with E-state index in [1.165, 1.54) is 6.07 Å². The molecule has 0 atom stereocenters. The van der Waals surface area contributed by atoms with Crippen molar-refractivity contribution in [3.8, 4) is 0 Å². The number of nitrogens with one attached hydrogen (secondary N) is 2. The van der Waals surface area contributed by atoms with Crippen molar-refractivity contribution in [2.45, 2.75) is 0 Å². The van der Waals surface area contributed by atoms with Gasteiger partial charge in [0.05, 0.1) is 17.8 Å². The van der Waals surface area contributed by atoms with Crippen LogP contribution >= 0.6 is 0 Å². The minimum absolute atomic E-state index is 0.0463. The van der Waals surface area contributed by atoms with Gasteiger partial charge in [-0.2, -0.15) is 0 Å². The molecule has 2 aromatic rings. The van der Waals surface area contributed by atoms with E-state index in [0.717, 1.165) is 0 Å². The number of hydrogen-bond donors (Lipinski definition) is 4. The Labute approximate surface area is 132 Å². The molecule has 0 spiro atoms. The molecule has 23 heavy (non-hydrogen) atoms. The zero-order chi connectivity index (χ0) is 16.8. The summed E-state index contributed by atoms with van der Waals surface area (Å²) in [5, 5.41) is 5.48. The predicted molar refractivity (Wildman–Crippen MR) is 87.0 cm³/mol. The summed E-state index contributed by atoms with van der Waals surface area (Å²) in [6.07, 6.45) is 0. The van der Waals surface area contributed by atoms with Crippen LogP contribution in [-0.2, 0) is 4.79 Å². The van der Waals surface area contributed by atoms with Crippen LogP contribution < -0.4 is 22.1 Å². The van der Waals surface area contributed by atoms with Gasteiger partial charge >= 0.3 is 0 Å². The van der Waals surface area contributed by atoms with Crippen LogP contribution in [0.15, 0.2) is 48.5 Å². The Morgan fingerprint density at radius 2 is 1.65 bits per heavy atom. The summed E-state index contributed by atoms with van der Waals surface area (Å²) in [6, 6.07) is 13.0. The molecule has 0 fully saturated rings. The first-order valence-electron chi connectivity index (χ1n) is 6.80. The highest BCUT2D eigenvalue weighted by molar-refractivity contribution is 6.03. The maximum absolute atomic E-state index is 12.0. The zero-order valence-corrected chi connectivity index (χ0v) is 12.2. The summed E-state index contributed by atoms with van der Waals surface area (Å²) in [6.45, 7) is -0.0463. The third-order valence-corrected chi connectivity index (χ3v) is 3.07. The molecule has 0 aliphatic carbocycles. The van der Waals surface area contributed by atoms with Crippen molar-refractivity contribution >= 4 is 29.1 Å². The largest absolute Gasteiger partial charge is 0.376 e. The van der Waals surface area contributed by atoms with Crippen LogP contribution in [0.4, 0.5) is 11.4 Å². The molecule has 2 aromatic carbocycles. The van der Waals surface area contributed by atoms with Crippen molar-refractivity contribution in [3.63, 3.8) is 0 Å². The highest BCUT2D eigenvalue weighted by Gasteiger charge is 2.10. The number of amides is 3. The SMILES string of the molecule is NC(=O)c1cccc(NCC(=O)Nc2ccccc2C(N)=O)c1. The molecule has 3 amide bonds. The van der Waals surface area contributed by atoms with Crippen molar-refractivity contribution < 1.29 is 14.4 Å². The molecule has 6 N–H and O–H groups in total. The number of para-hydroxylation sites is 1. The number of benzene rings is 2. The molecular formula is C16H16N4O3. The van der Waals surface area contributed by atoms with Crippen LogP contribution in [0, 0.1) is 0 Å². The number of anilines is 2. The third-order valence-electron chi connectivity index (χ3n) is 3.07. The van der Waals surface area contributed by atoms with Gasteiger partial charge < -0.3 is 22.1 Å². The second-order valence-electron chi connectivity index (χ2n) is 4.76. The van der Waals surface area contributed by atoms with Crippen molar-refractivity contribution in [1.29, 1.82) is 0 Å². The Kier molecular flexibility index (Phi) is 4.93. The first-order chi connectivity index (χ1) is 11.0. The van der Waals surface area contributed by atoms with Gasteiger partial charge in [-0.25, -0.2) is 0 Å². The van der Waals surface area contributed by atoms with Gasteiger partial charge in [-0.05, 0) is 30.3 Å². The van der Waals surface area contributed by atoms with Crippen LogP contribution in [0.1, 0.15) is 20.7 Å². The molecular weight excluding hydrogens is 296 g/mol. The Balaban J connectivity index is 2.00. The smallest absolute Gasteiger partial charge is 0.250 e. The molecule has 0 aromatic heterocycles. The highest BCUT2D eigenvalue weighted by atomic mass is 16.2. The van der Waals surface area contributed by atoms with Crippen LogP contribution in [0.3, 0.4) is 0 Å². The fourth-order valence-electron chi connectivity index (χ4n) is 1.97. The maximum atomic E-state index is 12.0. The van der Waals surface area contributed by atoms with Gasteiger partial charge in [0.15, 0.2) is 0 Å². The van der Waals surface area contributed by atoms with E-state index in [1.807, 2.05) is 0 Å². The van der Waals surface area contributed by atoms with Crippen LogP contribution in [0.2, 0.25) is 0 Å². The number of carbonyl (C=O) groups is 3. The second-order valence-corrected chi connectivity index (χ2v) is 4.76. The summed E-state index contributed by atoms with van der Waals surface area (Å²) in [5.41, 5.74) is 11.9. The topological polar surface area (TPSA) is 127 Å². The predicted octanol–water partition coefficient (Wildman–Crippen LogP) is 0.935. The second kappa shape index (κ2) is 7.08. The van der Waals surface area contributed by atoms with Gasteiger partial charge in [0.25, 0.3) is 5.91 Å². The minimum Gasteiger partial charge on any atom is -0.376 e. The molecule has 0 aliphatic heterocycles. The van der Waals surface area contributed by atoms with Crippen molar-refractivity contribution in [3.05, 3.63) is 59.7 Å². The van der Waals surface area contributed by atoms with E-state index in [0.29, 0.717) is 16.9 Å². The molecule has 0 unspecified atom stereocenters. The van der Waals surface area contributed by atoms with Gasteiger partial charge in [0.2, 0.25) is 11.8 Å². The minimum atomic E-state index is -0.622. The van der Waals surface area contributed by atoms with Gasteiger partial charge in [-0.15, -0.1) is 0 Å². The monoisotopic (exact) mass is 312 g/mol. The van der Waals surface area contributed by atoms with Crippen LogP contribution in [0.25, 0.3) is 0 Å². The normalized spacial score (nSPS) is 9.91. The molecule has 118 valence electrons. The fraction of sp³-hybridized carbons (Fsp3) is 0.0625. The molecule has 0 saturated carbocycles. The average Bonchev–Trinajstić information content (AvgIpc) is 2.53. The number of primary amides is 2. The highest BCUT2D eigenvalue weighted by Crippen LogP contribution is 2.14. The van der Waals surface area contributed by atoms with Gasteiger partial charge in [-0.3, -0.25) is 14.4 Å². The van der Waals surface area contributed by atoms with Crippen molar-refractivity contribution in [2.75, 3.05) is 17.2 Å². The molecule has 0 aliphatic rings. The van der Waals surface area contributed by atoms with Gasteiger partial charge in [0, 0.05) is 11.3 Å². The van der Waals surface area contributed by atoms with Crippen molar-refractivity contribution in [2.24, 2.45) is 11.5 Å². The van der Waals surface area contributed by atoms with E-state index in [4.69, 9.17) is 11.5 Å². The third kappa shape index (κ3) is 4.31. The average molecular weight is 312 g/mol. The maximum Gasteiger partial charge on any atom is 0.250 e. The molecule has 7 nitrogen and oxygen atoms in total. The molecule has 7 heteroatoms. The quantitative estimate of drug-likeness (QED) is 0.632.